The van der Waals surface area contributed by atoms with Crippen LogP contribution in [0.1, 0.15) is 5.82 Å². The van der Waals surface area contributed by atoms with E-state index in [1.54, 1.807) is 0 Å². The van der Waals surface area contributed by atoms with Crippen molar-refractivity contribution < 1.29 is 4.39 Å². The predicted molar refractivity (Wildman–Crippen MR) is 37.6 cm³/mol. The van der Waals surface area contributed by atoms with Gasteiger partial charge in [-0.1, -0.05) is 0 Å². The second-order valence-corrected chi connectivity index (χ2v) is 2.05. The fraction of sp³-hybridized carbons (Fsp3) is 0.333. The molecule has 0 fully saturated rings. The Balaban J connectivity index is 2.96. The molecule has 0 radical (unpaired) electrons. The zero-order valence-corrected chi connectivity index (χ0v) is 5.80. The van der Waals surface area contributed by atoms with E-state index in [0.717, 1.165) is 6.20 Å². The van der Waals surface area contributed by atoms with Crippen LogP contribution >= 0.6 is 0 Å². The largest absolute Gasteiger partial charge is 0.330 e. The molecule has 1 rings (SSSR count). The van der Waals surface area contributed by atoms with Gasteiger partial charge in [-0.3, -0.25) is 4.79 Å². The fourth-order valence-corrected chi connectivity index (χ4v) is 0.680. The van der Waals surface area contributed by atoms with Crippen molar-refractivity contribution in [3.05, 3.63) is 28.2 Å². The summed E-state index contributed by atoms with van der Waals surface area (Å²) in [6, 6.07) is 0. The van der Waals surface area contributed by atoms with Crippen molar-refractivity contribution >= 4 is 0 Å². The molecule has 11 heavy (non-hydrogen) atoms. The molecule has 0 aromatic carbocycles. The molecule has 0 aliphatic rings. The maximum absolute atomic E-state index is 12.3. The summed E-state index contributed by atoms with van der Waals surface area (Å²) in [5, 5.41) is 0. The van der Waals surface area contributed by atoms with Gasteiger partial charge >= 0.3 is 0 Å². The third-order valence-corrected chi connectivity index (χ3v) is 1.19. The number of nitrogens with two attached hydrogens (primary N) is 1. The van der Waals surface area contributed by atoms with Crippen LogP contribution in [0.15, 0.2) is 11.0 Å². The maximum atomic E-state index is 12.3. The van der Waals surface area contributed by atoms with E-state index in [1.807, 2.05) is 0 Å². The van der Waals surface area contributed by atoms with E-state index in [2.05, 4.69) is 9.97 Å². The van der Waals surface area contributed by atoms with E-state index in [-0.39, 0.29) is 0 Å². The van der Waals surface area contributed by atoms with Crippen molar-refractivity contribution in [2.24, 2.45) is 5.73 Å². The Morgan fingerprint density at radius 3 is 3.00 bits per heavy atom. The van der Waals surface area contributed by atoms with Crippen molar-refractivity contribution in [1.29, 1.82) is 0 Å². The first-order valence-electron chi connectivity index (χ1n) is 3.18. The number of halogens is 1. The van der Waals surface area contributed by atoms with Crippen LogP contribution in [0.2, 0.25) is 0 Å². The zero-order valence-electron chi connectivity index (χ0n) is 5.80. The van der Waals surface area contributed by atoms with Crippen LogP contribution in [0.5, 0.6) is 0 Å². The summed E-state index contributed by atoms with van der Waals surface area (Å²) in [5.41, 5.74) is 4.45. The molecule has 1 heterocycles. The van der Waals surface area contributed by atoms with Gasteiger partial charge in [0, 0.05) is 6.42 Å². The highest BCUT2D eigenvalue weighted by Crippen LogP contribution is 1.86. The molecule has 0 bridgehead atoms. The maximum Gasteiger partial charge on any atom is 0.286 e. The minimum Gasteiger partial charge on any atom is -0.330 e. The normalized spacial score (nSPS) is 10.0. The van der Waals surface area contributed by atoms with E-state index in [9.17, 15) is 9.18 Å². The molecule has 0 unspecified atom stereocenters. The van der Waals surface area contributed by atoms with Crippen LogP contribution in [0.3, 0.4) is 0 Å². The van der Waals surface area contributed by atoms with Crippen molar-refractivity contribution in [3.8, 4) is 0 Å². The molecule has 1 aromatic heterocycles. The number of hydrogen-bond acceptors (Lipinski definition) is 3. The lowest BCUT2D eigenvalue weighted by Gasteiger charge is -1.95. The van der Waals surface area contributed by atoms with Crippen molar-refractivity contribution in [3.63, 3.8) is 0 Å². The lowest BCUT2D eigenvalue weighted by Crippen LogP contribution is -2.16. The van der Waals surface area contributed by atoms with Gasteiger partial charge in [0.25, 0.3) is 5.56 Å². The third-order valence-electron chi connectivity index (χ3n) is 1.19. The molecule has 0 saturated carbocycles. The highest BCUT2D eigenvalue weighted by Gasteiger charge is 1.98. The van der Waals surface area contributed by atoms with Gasteiger partial charge in [-0.05, 0) is 6.54 Å². The molecule has 3 N–H and O–H groups in total. The van der Waals surface area contributed by atoms with Crippen molar-refractivity contribution in [2.75, 3.05) is 6.54 Å². The second kappa shape index (κ2) is 3.25. The number of aromatic amines is 1. The Bertz CT molecular complexity index is 296. The molecule has 4 nitrogen and oxygen atoms in total. The first-order chi connectivity index (χ1) is 5.24. The summed E-state index contributed by atoms with van der Waals surface area (Å²) in [5.74, 6) is -0.454. The number of hydrogen-bond donors (Lipinski definition) is 2. The average Bonchev–Trinajstić information content (AvgIpc) is 1.98. The molecule has 0 spiro atoms. The highest BCUT2D eigenvalue weighted by molar-refractivity contribution is 4.92. The van der Waals surface area contributed by atoms with Gasteiger partial charge < -0.3 is 10.7 Å². The summed E-state index contributed by atoms with van der Waals surface area (Å²) in [4.78, 5) is 16.5. The molecule has 5 heteroatoms. The van der Waals surface area contributed by atoms with Gasteiger partial charge in [0.15, 0.2) is 0 Å². The Morgan fingerprint density at radius 2 is 2.45 bits per heavy atom. The van der Waals surface area contributed by atoms with Crippen LogP contribution in [-0.4, -0.2) is 16.5 Å². The quantitative estimate of drug-likeness (QED) is 0.602. The Morgan fingerprint density at radius 1 is 1.73 bits per heavy atom. The van der Waals surface area contributed by atoms with E-state index >= 15 is 0 Å². The molecule has 0 aliphatic carbocycles. The highest BCUT2D eigenvalue weighted by atomic mass is 19.1. The molecule has 60 valence electrons. The molecule has 1 aromatic rings. The van der Waals surface area contributed by atoms with Crippen LogP contribution < -0.4 is 11.3 Å². The average molecular weight is 157 g/mol. The van der Waals surface area contributed by atoms with Crippen LogP contribution in [0.4, 0.5) is 4.39 Å². The number of H-pyrrole nitrogens is 1. The summed E-state index contributed by atoms with van der Waals surface area (Å²) in [7, 11) is 0. The van der Waals surface area contributed by atoms with Gasteiger partial charge in [0.05, 0.1) is 6.20 Å². The third kappa shape index (κ3) is 1.84. The van der Waals surface area contributed by atoms with E-state index in [4.69, 9.17) is 5.73 Å². The number of aromatic nitrogens is 2. The molecule has 0 aliphatic heterocycles. The predicted octanol–water partition coefficient (Wildman–Crippen LogP) is -0.590. The van der Waals surface area contributed by atoms with Crippen molar-refractivity contribution in [2.45, 2.75) is 6.42 Å². The van der Waals surface area contributed by atoms with E-state index in [0.29, 0.717) is 18.8 Å². The van der Waals surface area contributed by atoms with Crippen LogP contribution in [0, 0.1) is 5.82 Å². The van der Waals surface area contributed by atoms with Gasteiger partial charge in [0.1, 0.15) is 5.82 Å². The van der Waals surface area contributed by atoms with Gasteiger partial charge in [-0.25, -0.2) is 4.98 Å². The Kier molecular flexibility index (Phi) is 2.32. The van der Waals surface area contributed by atoms with E-state index in [1.165, 1.54) is 0 Å². The van der Waals surface area contributed by atoms with Gasteiger partial charge in [-0.2, -0.15) is 4.39 Å². The summed E-state index contributed by atoms with van der Waals surface area (Å²) in [6.45, 7) is 0.384. The van der Waals surface area contributed by atoms with Gasteiger partial charge in [0.2, 0.25) is 5.82 Å². The minimum atomic E-state index is -0.870. The van der Waals surface area contributed by atoms with Crippen LogP contribution in [-0.2, 0) is 6.42 Å². The van der Waals surface area contributed by atoms with Crippen LogP contribution in [0.25, 0.3) is 0 Å². The minimum absolute atomic E-state index is 0.384. The second-order valence-electron chi connectivity index (χ2n) is 2.05. The number of nitrogens with zero attached hydrogens (tertiary/aromatic N) is 1. The first kappa shape index (κ1) is 7.87. The standard InChI is InChI=1S/C6H8FN3O/c7-4-3-9-5(1-2-8)10-6(4)11/h3H,1-2,8H2,(H,9,10,11). The summed E-state index contributed by atoms with van der Waals surface area (Å²) < 4.78 is 12.3. The molecule has 0 amide bonds. The molecular weight excluding hydrogens is 149 g/mol. The monoisotopic (exact) mass is 157 g/mol. The number of nitrogens with one attached hydrogen (secondary N) is 1. The molecular formula is C6H8FN3O. The lowest BCUT2D eigenvalue weighted by atomic mass is 10.4. The Labute approximate surface area is 62.3 Å². The molecule has 0 saturated heterocycles. The number of rotatable bonds is 2. The van der Waals surface area contributed by atoms with E-state index < -0.39 is 11.4 Å². The molecule has 0 atom stereocenters. The first-order valence-corrected chi connectivity index (χ1v) is 3.18. The van der Waals surface area contributed by atoms with Crippen molar-refractivity contribution in [1.82, 2.24) is 9.97 Å². The smallest absolute Gasteiger partial charge is 0.286 e. The lowest BCUT2D eigenvalue weighted by molar-refractivity contribution is 0.594. The Hall–Kier alpha value is -1.23. The fourth-order valence-electron chi connectivity index (χ4n) is 0.680. The summed E-state index contributed by atoms with van der Waals surface area (Å²) in [6.07, 6.45) is 1.35. The summed E-state index contributed by atoms with van der Waals surface area (Å²) >= 11 is 0. The zero-order chi connectivity index (χ0) is 8.27. The SMILES string of the molecule is NCCc1ncc(F)c(=O)[nH]1. The topological polar surface area (TPSA) is 71.8 Å². The van der Waals surface area contributed by atoms with Gasteiger partial charge in [-0.15, -0.1) is 0 Å².